The van der Waals surface area contributed by atoms with Crippen molar-refractivity contribution in [1.82, 2.24) is 19.2 Å². The minimum atomic E-state index is -0.602. The van der Waals surface area contributed by atoms with E-state index < -0.39 is 4.92 Å². The van der Waals surface area contributed by atoms with E-state index in [1.165, 1.54) is 6.07 Å². The van der Waals surface area contributed by atoms with Crippen molar-refractivity contribution >= 4 is 11.3 Å². The molecule has 0 atom stereocenters. The smallest absolute Gasteiger partial charge is 0.313 e. The Bertz CT molecular complexity index is 1100. The normalized spacial score (nSPS) is 11.1. The van der Waals surface area contributed by atoms with Crippen molar-refractivity contribution < 1.29 is 10.0 Å². The first kappa shape index (κ1) is 14.9. The van der Waals surface area contributed by atoms with Gasteiger partial charge in [-0.05, 0) is 24.6 Å². The van der Waals surface area contributed by atoms with E-state index in [1.807, 2.05) is 12.1 Å². The topological polar surface area (TPSA) is 98.5 Å². The van der Waals surface area contributed by atoms with Crippen LogP contribution in [0.25, 0.3) is 22.6 Å². The number of hydrogen-bond acceptors (Lipinski definition) is 5. The van der Waals surface area contributed by atoms with Gasteiger partial charge in [-0.25, -0.2) is 9.50 Å². The van der Waals surface area contributed by atoms with Crippen LogP contribution in [0.2, 0.25) is 0 Å². The van der Waals surface area contributed by atoms with E-state index in [1.54, 1.807) is 53.0 Å². The van der Waals surface area contributed by atoms with Crippen LogP contribution in [0.3, 0.4) is 0 Å². The molecule has 1 aromatic carbocycles. The minimum absolute atomic E-state index is 0.340. The lowest BCUT2D eigenvalue weighted by atomic mass is 10.1. The summed E-state index contributed by atoms with van der Waals surface area (Å²) in [5, 5.41) is 21.6. The predicted octanol–water partition coefficient (Wildman–Crippen LogP) is 3.11. The number of aromatic hydroxyl groups is 1. The number of hydrogen-bond donors (Lipinski definition) is 1. The van der Waals surface area contributed by atoms with Crippen LogP contribution in [0.5, 0.6) is 5.75 Å². The minimum Gasteiger partial charge on any atom is -0.501 e. The maximum absolute atomic E-state index is 11.2. The number of rotatable bonds is 3. The third kappa shape index (κ3) is 2.23. The summed E-state index contributed by atoms with van der Waals surface area (Å²) in [6.07, 6.45) is 6.80. The summed E-state index contributed by atoms with van der Waals surface area (Å²) in [5.41, 5.74) is 2.96. The van der Waals surface area contributed by atoms with Crippen molar-refractivity contribution in [2.75, 3.05) is 0 Å². The Kier molecular flexibility index (Phi) is 3.24. The lowest BCUT2D eigenvalue weighted by molar-refractivity contribution is -0.385. The highest BCUT2D eigenvalue weighted by atomic mass is 16.6. The molecule has 25 heavy (non-hydrogen) atoms. The molecule has 1 N–H and O–H groups in total. The molecule has 0 aliphatic carbocycles. The number of pyridine rings is 1. The van der Waals surface area contributed by atoms with Gasteiger partial charge in [-0.2, -0.15) is 0 Å². The van der Waals surface area contributed by atoms with Crippen molar-refractivity contribution in [3.05, 3.63) is 70.8 Å². The van der Waals surface area contributed by atoms with Crippen molar-refractivity contribution in [1.29, 1.82) is 0 Å². The number of benzene rings is 1. The molecule has 0 aliphatic rings. The first-order valence-corrected chi connectivity index (χ1v) is 7.50. The molecule has 0 amide bonds. The number of nitro benzene ring substituents is 1. The van der Waals surface area contributed by atoms with Gasteiger partial charge in [0.1, 0.15) is 5.69 Å². The summed E-state index contributed by atoms with van der Waals surface area (Å²) < 4.78 is 3.44. The summed E-state index contributed by atoms with van der Waals surface area (Å²) in [7, 11) is 0. The average Bonchev–Trinajstić information content (AvgIpc) is 3.18. The van der Waals surface area contributed by atoms with Crippen LogP contribution in [0.4, 0.5) is 5.69 Å². The maximum atomic E-state index is 11.2. The standard InChI is InChI=1S/C17H13N5O3/c1-11-4-5-13(22(24)25)17(23)16(11)20-8-6-15-19-10-14(21(15)20)12-3-2-7-18-9-12/h2-10,23H,1H3. The Morgan fingerprint density at radius 3 is 2.76 bits per heavy atom. The summed E-state index contributed by atoms with van der Waals surface area (Å²) in [6.45, 7) is 1.78. The highest BCUT2D eigenvalue weighted by Crippen LogP contribution is 2.35. The molecule has 3 heterocycles. The zero-order valence-electron chi connectivity index (χ0n) is 13.2. The van der Waals surface area contributed by atoms with Crippen LogP contribution < -0.4 is 0 Å². The molecule has 8 heteroatoms. The molecule has 0 spiro atoms. The molecule has 0 saturated carbocycles. The van der Waals surface area contributed by atoms with Gasteiger partial charge in [0.25, 0.3) is 0 Å². The number of fused-ring (bicyclic) bond motifs is 1. The van der Waals surface area contributed by atoms with Crippen LogP contribution in [-0.2, 0) is 0 Å². The highest BCUT2D eigenvalue weighted by Gasteiger charge is 2.22. The molecule has 3 aromatic heterocycles. The fraction of sp³-hybridized carbons (Fsp3) is 0.0588. The Labute approximate surface area is 141 Å². The number of imidazole rings is 1. The van der Waals surface area contributed by atoms with E-state index >= 15 is 0 Å². The molecular weight excluding hydrogens is 322 g/mol. The Morgan fingerprint density at radius 2 is 2.04 bits per heavy atom. The molecule has 124 valence electrons. The molecule has 4 aromatic rings. The molecular formula is C17H13N5O3. The molecule has 0 aliphatic heterocycles. The van der Waals surface area contributed by atoms with E-state index in [2.05, 4.69) is 9.97 Å². The summed E-state index contributed by atoms with van der Waals surface area (Å²) in [5.74, 6) is -0.381. The van der Waals surface area contributed by atoms with Crippen molar-refractivity contribution in [2.24, 2.45) is 0 Å². The van der Waals surface area contributed by atoms with Crippen LogP contribution in [0.15, 0.2) is 55.1 Å². The number of nitro groups is 1. The predicted molar refractivity (Wildman–Crippen MR) is 90.8 cm³/mol. The van der Waals surface area contributed by atoms with E-state index in [0.29, 0.717) is 16.9 Å². The van der Waals surface area contributed by atoms with E-state index in [-0.39, 0.29) is 11.4 Å². The van der Waals surface area contributed by atoms with Gasteiger partial charge in [-0.1, -0.05) is 6.07 Å². The summed E-state index contributed by atoms with van der Waals surface area (Å²) >= 11 is 0. The second-order valence-corrected chi connectivity index (χ2v) is 5.57. The van der Waals surface area contributed by atoms with E-state index in [9.17, 15) is 15.2 Å². The van der Waals surface area contributed by atoms with Gasteiger partial charge in [0.2, 0.25) is 5.75 Å². The van der Waals surface area contributed by atoms with Crippen molar-refractivity contribution in [3.8, 4) is 22.7 Å². The third-order valence-corrected chi connectivity index (χ3v) is 4.06. The molecule has 0 saturated heterocycles. The molecule has 8 nitrogen and oxygen atoms in total. The zero-order valence-corrected chi connectivity index (χ0v) is 13.2. The first-order chi connectivity index (χ1) is 12.1. The zero-order chi connectivity index (χ0) is 17.6. The number of aromatic nitrogens is 4. The van der Waals surface area contributed by atoms with Gasteiger partial charge in [-0.15, -0.1) is 0 Å². The van der Waals surface area contributed by atoms with E-state index in [0.717, 1.165) is 11.3 Å². The highest BCUT2D eigenvalue weighted by molar-refractivity contribution is 5.66. The van der Waals surface area contributed by atoms with Crippen molar-refractivity contribution in [2.45, 2.75) is 6.92 Å². The van der Waals surface area contributed by atoms with Gasteiger partial charge in [0.15, 0.2) is 5.65 Å². The molecule has 0 bridgehead atoms. The second kappa shape index (κ2) is 5.45. The second-order valence-electron chi connectivity index (χ2n) is 5.57. The number of aryl methyl sites for hydroxylation is 1. The first-order valence-electron chi connectivity index (χ1n) is 7.50. The largest absolute Gasteiger partial charge is 0.501 e. The lowest BCUT2D eigenvalue weighted by Gasteiger charge is -2.13. The van der Waals surface area contributed by atoms with Gasteiger partial charge < -0.3 is 5.11 Å². The molecule has 0 unspecified atom stereocenters. The maximum Gasteiger partial charge on any atom is 0.313 e. The Balaban J connectivity index is 2.02. The molecule has 4 rings (SSSR count). The molecule has 0 radical (unpaired) electrons. The van der Waals surface area contributed by atoms with Crippen molar-refractivity contribution in [3.63, 3.8) is 0 Å². The Hall–Kier alpha value is -3.68. The summed E-state index contributed by atoms with van der Waals surface area (Å²) in [6, 6.07) is 8.40. The van der Waals surface area contributed by atoms with Crippen LogP contribution in [0, 0.1) is 17.0 Å². The molecule has 0 fully saturated rings. The van der Waals surface area contributed by atoms with E-state index in [4.69, 9.17) is 0 Å². The number of nitrogens with zero attached hydrogens (tertiary/aromatic N) is 5. The lowest BCUT2D eigenvalue weighted by Crippen LogP contribution is -2.06. The van der Waals surface area contributed by atoms with Crippen LogP contribution in [0.1, 0.15) is 5.56 Å². The number of phenolic OH excluding ortho intramolecular Hbond substituents is 1. The monoisotopic (exact) mass is 335 g/mol. The fourth-order valence-corrected chi connectivity index (χ4v) is 2.90. The van der Waals surface area contributed by atoms with Gasteiger partial charge in [0, 0.05) is 36.3 Å². The van der Waals surface area contributed by atoms with Gasteiger partial charge >= 0.3 is 5.69 Å². The quantitative estimate of drug-likeness (QED) is 0.458. The van der Waals surface area contributed by atoms with Crippen LogP contribution in [-0.4, -0.2) is 29.2 Å². The third-order valence-electron chi connectivity index (χ3n) is 4.06. The van der Waals surface area contributed by atoms with Gasteiger partial charge in [0.05, 0.1) is 16.8 Å². The van der Waals surface area contributed by atoms with Gasteiger partial charge in [-0.3, -0.25) is 19.8 Å². The fourth-order valence-electron chi connectivity index (χ4n) is 2.90. The van der Waals surface area contributed by atoms with Crippen LogP contribution >= 0.6 is 0 Å². The number of phenols is 1. The summed E-state index contributed by atoms with van der Waals surface area (Å²) in [4.78, 5) is 19.0. The SMILES string of the molecule is Cc1ccc([N+](=O)[O-])c(O)c1-n1ccc2ncc(-c3cccnc3)n21. The Morgan fingerprint density at radius 1 is 1.20 bits per heavy atom. The average molecular weight is 335 g/mol.